The molecule has 1 aliphatic rings. The van der Waals surface area contributed by atoms with Gasteiger partial charge in [-0.25, -0.2) is 5.43 Å². The summed E-state index contributed by atoms with van der Waals surface area (Å²) in [6.07, 6.45) is 1.38. The first kappa shape index (κ1) is 17.0. The highest BCUT2D eigenvalue weighted by atomic mass is 32.2. The van der Waals surface area contributed by atoms with Crippen LogP contribution in [0.25, 0.3) is 0 Å². The zero-order valence-electron chi connectivity index (χ0n) is 13.0. The van der Waals surface area contributed by atoms with E-state index in [1.54, 1.807) is 29.2 Å². The van der Waals surface area contributed by atoms with E-state index in [2.05, 4.69) is 14.9 Å². The van der Waals surface area contributed by atoms with Crippen LogP contribution in [0, 0.1) is 10.1 Å². The zero-order valence-corrected chi connectivity index (χ0v) is 14.6. The van der Waals surface area contributed by atoms with Crippen molar-refractivity contribution in [1.29, 1.82) is 0 Å². The molecule has 1 aromatic heterocycles. The van der Waals surface area contributed by atoms with E-state index in [0.717, 1.165) is 11.3 Å². The summed E-state index contributed by atoms with van der Waals surface area (Å²) in [4.78, 5) is 12.6. The molecular formula is C14H13N5O4S2. The first-order valence-corrected chi connectivity index (χ1v) is 9.43. The molecule has 0 saturated heterocycles. The lowest BCUT2D eigenvalue weighted by Crippen LogP contribution is -2.42. The van der Waals surface area contributed by atoms with Gasteiger partial charge in [0.2, 0.25) is 5.96 Å². The number of sulfonamides is 1. The van der Waals surface area contributed by atoms with Gasteiger partial charge in [-0.05, 0) is 25.1 Å². The quantitative estimate of drug-likeness (QED) is 0.494. The third-order valence-corrected chi connectivity index (χ3v) is 5.65. The molecule has 0 radical (unpaired) electrons. The summed E-state index contributed by atoms with van der Waals surface area (Å²) >= 11 is 0.962. The predicted molar refractivity (Wildman–Crippen MR) is 95.8 cm³/mol. The molecule has 2 aromatic rings. The Morgan fingerprint density at radius 2 is 2.12 bits per heavy atom. The molecule has 0 amide bonds. The van der Waals surface area contributed by atoms with Crippen LogP contribution in [-0.4, -0.2) is 32.1 Å². The number of guanidine groups is 1. The van der Waals surface area contributed by atoms with Gasteiger partial charge in [-0.15, -0.1) is 4.40 Å². The van der Waals surface area contributed by atoms with E-state index >= 15 is 0 Å². The molecule has 9 nitrogen and oxygen atoms in total. The molecule has 25 heavy (non-hydrogen) atoms. The third-order valence-electron chi connectivity index (χ3n) is 3.36. The van der Waals surface area contributed by atoms with Crippen molar-refractivity contribution in [2.75, 3.05) is 11.4 Å². The highest BCUT2D eigenvalue weighted by molar-refractivity contribution is 7.90. The van der Waals surface area contributed by atoms with Gasteiger partial charge in [-0.3, -0.25) is 10.1 Å². The average Bonchev–Trinajstić information content (AvgIpc) is 3.04. The van der Waals surface area contributed by atoms with Crippen molar-refractivity contribution >= 4 is 44.2 Å². The number of hydrazone groups is 1. The fourth-order valence-electron chi connectivity index (χ4n) is 2.29. The Morgan fingerprint density at radius 1 is 1.36 bits per heavy atom. The average molecular weight is 379 g/mol. The van der Waals surface area contributed by atoms with Crippen molar-refractivity contribution in [1.82, 2.24) is 5.43 Å². The van der Waals surface area contributed by atoms with Crippen LogP contribution in [0.15, 0.2) is 50.8 Å². The van der Waals surface area contributed by atoms with Crippen LogP contribution in [0.3, 0.4) is 0 Å². The van der Waals surface area contributed by atoms with Crippen molar-refractivity contribution in [3.63, 3.8) is 0 Å². The SMILES string of the molecule is CCN1C(N/N=C/c2ccc([N+](=O)[O-])s2)=NS(=O)(=O)c2ccccc21. The van der Waals surface area contributed by atoms with Crippen molar-refractivity contribution in [3.8, 4) is 0 Å². The molecular weight excluding hydrogens is 366 g/mol. The molecule has 0 aliphatic carbocycles. The predicted octanol–water partition coefficient (Wildman–Crippen LogP) is 2.16. The first-order valence-electron chi connectivity index (χ1n) is 7.17. The van der Waals surface area contributed by atoms with E-state index in [0.29, 0.717) is 17.1 Å². The summed E-state index contributed by atoms with van der Waals surface area (Å²) in [5.41, 5.74) is 3.13. The van der Waals surface area contributed by atoms with E-state index in [-0.39, 0.29) is 15.9 Å². The van der Waals surface area contributed by atoms with Gasteiger partial charge in [0.15, 0.2) is 0 Å². The maximum absolute atomic E-state index is 12.3. The monoisotopic (exact) mass is 379 g/mol. The number of benzene rings is 1. The Labute approximate surface area is 147 Å². The molecule has 0 fully saturated rings. The fraction of sp³-hybridized carbons (Fsp3) is 0.143. The maximum Gasteiger partial charge on any atom is 0.324 e. The van der Waals surface area contributed by atoms with Crippen molar-refractivity contribution in [2.45, 2.75) is 11.8 Å². The van der Waals surface area contributed by atoms with Gasteiger partial charge < -0.3 is 4.90 Å². The number of thiophene rings is 1. The second-order valence-corrected chi connectivity index (χ2v) is 7.57. The number of hydrogen-bond donors (Lipinski definition) is 1. The van der Waals surface area contributed by atoms with Gasteiger partial charge in [0.25, 0.3) is 10.0 Å². The molecule has 0 spiro atoms. The zero-order chi connectivity index (χ0) is 18.0. The molecule has 0 atom stereocenters. The summed E-state index contributed by atoms with van der Waals surface area (Å²) in [7, 11) is -3.81. The lowest BCUT2D eigenvalue weighted by Gasteiger charge is -2.28. The van der Waals surface area contributed by atoms with Gasteiger partial charge in [0.05, 0.1) is 21.7 Å². The normalized spacial score (nSPS) is 15.7. The number of nitro groups is 1. The van der Waals surface area contributed by atoms with E-state index in [4.69, 9.17) is 0 Å². The minimum Gasteiger partial charge on any atom is -0.309 e. The van der Waals surface area contributed by atoms with Crippen LogP contribution in [0.1, 0.15) is 11.8 Å². The molecule has 1 aliphatic heterocycles. The van der Waals surface area contributed by atoms with Crippen LogP contribution in [0.4, 0.5) is 10.7 Å². The molecule has 0 unspecified atom stereocenters. The first-order chi connectivity index (χ1) is 11.9. The largest absolute Gasteiger partial charge is 0.324 e. The van der Waals surface area contributed by atoms with Crippen molar-refractivity contribution in [3.05, 3.63) is 51.4 Å². The molecule has 0 bridgehead atoms. The topological polar surface area (TPSA) is 117 Å². The minimum atomic E-state index is -3.81. The number of hydrogen-bond acceptors (Lipinski definition) is 8. The number of rotatable bonds is 4. The standard InChI is InChI=1S/C14H13N5O4S2/c1-2-18-11-5-3-4-6-12(11)25(22,23)17-14(18)16-15-9-10-7-8-13(24-10)19(20)21/h3-9H,2H2,1H3,(H,16,17)/b15-9+. The second kappa shape index (κ2) is 6.61. The highest BCUT2D eigenvalue weighted by Gasteiger charge is 2.29. The summed E-state index contributed by atoms with van der Waals surface area (Å²) in [5.74, 6) is 0.0727. The molecule has 1 N–H and O–H groups in total. The minimum absolute atomic E-state index is 0.00291. The van der Waals surface area contributed by atoms with Crippen LogP contribution >= 0.6 is 11.3 Å². The Kier molecular flexibility index (Phi) is 4.51. The van der Waals surface area contributed by atoms with Gasteiger partial charge in [-0.2, -0.15) is 13.5 Å². The van der Waals surface area contributed by atoms with Crippen LogP contribution in [-0.2, 0) is 10.0 Å². The molecule has 1 aromatic carbocycles. The Bertz CT molecular complexity index is 981. The van der Waals surface area contributed by atoms with Gasteiger partial charge in [0.1, 0.15) is 4.90 Å². The van der Waals surface area contributed by atoms with E-state index < -0.39 is 14.9 Å². The van der Waals surface area contributed by atoms with Crippen molar-refractivity contribution in [2.24, 2.45) is 9.50 Å². The summed E-state index contributed by atoms with van der Waals surface area (Å²) < 4.78 is 28.3. The molecule has 0 saturated carbocycles. The Balaban J connectivity index is 1.85. The van der Waals surface area contributed by atoms with Crippen LogP contribution < -0.4 is 10.3 Å². The smallest absolute Gasteiger partial charge is 0.309 e. The Morgan fingerprint density at radius 3 is 2.80 bits per heavy atom. The second-order valence-electron chi connectivity index (χ2n) is 4.91. The van der Waals surface area contributed by atoms with Crippen molar-refractivity contribution < 1.29 is 13.3 Å². The third kappa shape index (κ3) is 3.37. The molecule has 130 valence electrons. The van der Waals surface area contributed by atoms with Gasteiger partial charge >= 0.3 is 5.00 Å². The van der Waals surface area contributed by atoms with E-state index in [9.17, 15) is 18.5 Å². The van der Waals surface area contributed by atoms with E-state index in [1.807, 2.05) is 6.92 Å². The summed E-state index contributed by atoms with van der Waals surface area (Å²) in [6.45, 7) is 2.34. The van der Waals surface area contributed by atoms with E-state index in [1.165, 1.54) is 18.3 Å². The number of nitrogens with one attached hydrogen (secondary N) is 1. The van der Waals surface area contributed by atoms with Crippen LogP contribution in [0.5, 0.6) is 0 Å². The molecule has 3 rings (SSSR count). The lowest BCUT2D eigenvalue weighted by atomic mass is 10.3. The fourth-order valence-corrected chi connectivity index (χ4v) is 4.14. The number of nitrogens with zero attached hydrogens (tertiary/aromatic N) is 4. The summed E-state index contributed by atoms with van der Waals surface area (Å²) in [5, 5.41) is 14.6. The summed E-state index contributed by atoms with van der Waals surface area (Å²) in [6, 6.07) is 9.51. The highest BCUT2D eigenvalue weighted by Crippen LogP contribution is 2.30. The Hall–Kier alpha value is -2.79. The van der Waals surface area contributed by atoms with Crippen LogP contribution in [0.2, 0.25) is 0 Å². The molecule has 11 heteroatoms. The van der Waals surface area contributed by atoms with Gasteiger partial charge in [0, 0.05) is 12.6 Å². The number of para-hydroxylation sites is 1. The van der Waals surface area contributed by atoms with Gasteiger partial charge in [-0.1, -0.05) is 23.5 Å². The number of fused-ring (bicyclic) bond motifs is 1. The maximum atomic E-state index is 12.3. The lowest BCUT2D eigenvalue weighted by molar-refractivity contribution is -0.380. The molecule has 2 heterocycles. The number of anilines is 1.